The van der Waals surface area contributed by atoms with Crippen molar-refractivity contribution in [3.05, 3.63) is 94.3 Å². The number of aliphatic hydroxyl groups excluding tert-OH is 1. The second kappa shape index (κ2) is 8.85. The fraction of sp³-hybridized carbons (Fsp3) is 0.160. The van der Waals surface area contributed by atoms with Crippen LogP contribution in [0.4, 0.5) is 5.69 Å². The highest BCUT2D eigenvalue weighted by atomic mass is 35.5. The monoisotopic (exact) mass is 448 g/mol. The van der Waals surface area contributed by atoms with Crippen molar-refractivity contribution in [1.29, 1.82) is 0 Å². The maximum atomic E-state index is 13.1. The summed E-state index contributed by atoms with van der Waals surface area (Å²) in [5.74, 6) is -1.10. The summed E-state index contributed by atoms with van der Waals surface area (Å²) in [7, 11) is 0. The van der Waals surface area contributed by atoms with Crippen molar-refractivity contribution in [2.24, 2.45) is 0 Å². The van der Waals surface area contributed by atoms with Gasteiger partial charge in [0.05, 0.1) is 17.9 Å². The number of nitrogens with zero attached hydrogens (tertiary/aromatic N) is 2. The van der Waals surface area contributed by atoms with Crippen molar-refractivity contribution in [2.45, 2.75) is 19.9 Å². The first-order valence-corrected chi connectivity index (χ1v) is 10.5. The topological polar surface area (TPSA) is 79.7 Å². The van der Waals surface area contributed by atoms with Gasteiger partial charge in [-0.1, -0.05) is 17.7 Å². The summed E-state index contributed by atoms with van der Waals surface area (Å²) in [6, 6.07) is 16.1. The van der Waals surface area contributed by atoms with Crippen LogP contribution in [0.1, 0.15) is 29.8 Å². The number of carbonyl (C=O) groups is 2. The second-order valence-electron chi connectivity index (χ2n) is 7.31. The first-order chi connectivity index (χ1) is 15.4. The van der Waals surface area contributed by atoms with Gasteiger partial charge >= 0.3 is 0 Å². The van der Waals surface area contributed by atoms with E-state index in [2.05, 4.69) is 4.98 Å². The van der Waals surface area contributed by atoms with E-state index in [-0.39, 0.29) is 11.3 Å². The molecule has 2 aromatic carbocycles. The molecule has 1 aliphatic rings. The van der Waals surface area contributed by atoms with Crippen LogP contribution in [0.3, 0.4) is 0 Å². The van der Waals surface area contributed by atoms with E-state index in [0.717, 1.165) is 5.56 Å². The summed E-state index contributed by atoms with van der Waals surface area (Å²) >= 11 is 6.00. The molecule has 3 aromatic rings. The number of anilines is 1. The maximum Gasteiger partial charge on any atom is 0.300 e. The molecular weight excluding hydrogens is 428 g/mol. The molecule has 1 aliphatic heterocycles. The fourth-order valence-electron chi connectivity index (χ4n) is 3.79. The number of carbonyl (C=O) groups excluding carboxylic acids is 2. The number of rotatable bonds is 5. The zero-order chi connectivity index (χ0) is 22.8. The summed E-state index contributed by atoms with van der Waals surface area (Å²) < 4.78 is 5.56. The van der Waals surface area contributed by atoms with E-state index in [1.807, 2.05) is 13.8 Å². The number of amides is 1. The molecule has 162 valence electrons. The Labute approximate surface area is 190 Å². The number of Topliss-reactive ketones (excluding diaryl/α,β-unsaturated/α-hetero) is 1. The minimum atomic E-state index is -0.885. The third-order valence-electron chi connectivity index (χ3n) is 5.27. The average Bonchev–Trinajstić information content (AvgIpc) is 3.06. The largest absolute Gasteiger partial charge is 0.507 e. The number of aromatic nitrogens is 1. The van der Waals surface area contributed by atoms with Crippen LogP contribution in [0.15, 0.2) is 72.4 Å². The Balaban J connectivity index is 1.89. The molecule has 1 unspecified atom stereocenters. The number of benzene rings is 2. The number of aliphatic hydroxyl groups is 1. The van der Waals surface area contributed by atoms with Crippen LogP contribution in [0.5, 0.6) is 5.75 Å². The zero-order valence-corrected chi connectivity index (χ0v) is 18.3. The minimum absolute atomic E-state index is 0.0211. The highest BCUT2D eigenvalue weighted by Crippen LogP contribution is 2.42. The summed E-state index contributed by atoms with van der Waals surface area (Å²) in [6.07, 6.45) is 1.58. The molecule has 1 aromatic heterocycles. The first kappa shape index (κ1) is 21.6. The molecule has 1 amide bonds. The van der Waals surface area contributed by atoms with E-state index < -0.39 is 17.7 Å². The summed E-state index contributed by atoms with van der Waals surface area (Å²) in [6.45, 7) is 4.25. The standard InChI is InChI=1S/C25H21ClN2O4/c1-3-32-20-12-7-16(14-15(20)2)23(29)21-22(19-6-4-5-13-27-19)28(25(31)24(21)30)18-10-8-17(26)9-11-18/h4-14,22,29H,3H2,1-2H3/b23-21-. The number of ether oxygens (including phenoxy) is 1. The molecule has 7 heteroatoms. The van der Waals surface area contributed by atoms with Gasteiger partial charge in [0.2, 0.25) is 0 Å². The molecule has 0 bridgehead atoms. The highest BCUT2D eigenvalue weighted by Gasteiger charge is 2.47. The summed E-state index contributed by atoms with van der Waals surface area (Å²) in [4.78, 5) is 31.9. The molecule has 1 fully saturated rings. The van der Waals surface area contributed by atoms with Gasteiger partial charge < -0.3 is 9.84 Å². The van der Waals surface area contributed by atoms with Gasteiger partial charge in [0, 0.05) is 22.5 Å². The van der Waals surface area contributed by atoms with E-state index in [0.29, 0.717) is 34.3 Å². The van der Waals surface area contributed by atoms with Crippen LogP contribution in [0, 0.1) is 6.92 Å². The molecule has 0 spiro atoms. The normalized spacial score (nSPS) is 17.6. The number of hydrogen-bond acceptors (Lipinski definition) is 5. The number of hydrogen-bond donors (Lipinski definition) is 1. The quantitative estimate of drug-likeness (QED) is 0.335. The zero-order valence-electron chi connectivity index (χ0n) is 17.6. The predicted molar refractivity (Wildman–Crippen MR) is 123 cm³/mol. The molecule has 2 heterocycles. The number of aryl methyl sites for hydroxylation is 1. The van der Waals surface area contributed by atoms with Crippen molar-refractivity contribution in [1.82, 2.24) is 4.98 Å². The fourth-order valence-corrected chi connectivity index (χ4v) is 3.91. The van der Waals surface area contributed by atoms with Crippen LogP contribution in [-0.2, 0) is 9.59 Å². The van der Waals surface area contributed by atoms with Crippen LogP contribution < -0.4 is 9.64 Å². The Bertz CT molecular complexity index is 1210. The van der Waals surface area contributed by atoms with Crippen LogP contribution in [0.25, 0.3) is 5.76 Å². The Morgan fingerprint density at radius 3 is 2.50 bits per heavy atom. The molecule has 1 N–H and O–H groups in total. The molecule has 1 atom stereocenters. The molecule has 0 radical (unpaired) electrons. The minimum Gasteiger partial charge on any atom is -0.507 e. The van der Waals surface area contributed by atoms with Gasteiger partial charge in [-0.2, -0.15) is 0 Å². The first-order valence-electron chi connectivity index (χ1n) is 10.1. The van der Waals surface area contributed by atoms with Crippen LogP contribution in [0.2, 0.25) is 5.02 Å². The molecule has 4 rings (SSSR count). The molecule has 1 saturated heterocycles. The molecule has 32 heavy (non-hydrogen) atoms. The van der Waals surface area contributed by atoms with Gasteiger partial charge in [-0.05, 0) is 74.0 Å². The lowest BCUT2D eigenvalue weighted by Crippen LogP contribution is -2.29. The molecule has 0 saturated carbocycles. The Hall–Kier alpha value is -3.64. The van der Waals surface area contributed by atoms with Gasteiger partial charge in [0.25, 0.3) is 11.7 Å². The van der Waals surface area contributed by atoms with Crippen molar-refractivity contribution in [2.75, 3.05) is 11.5 Å². The van der Waals surface area contributed by atoms with Crippen LogP contribution >= 0.6 is 11.6 Å². The Morgan fingerprint density at radius 2 is 1.88 bits per heavy atom. The lowest BCUT2D eigenvalue weighted by molar-refractivity contribution is -0.132. The lowest BCUT2D eigenvalue weighted by Gasteiger charge is -2.24. The maximum absolute atomic E-state index is 13.1. The average molecular weight is 449 g/mol. The molecule has 6 nitrogen and oxygen atoms in total. The smallest absolute Gasteiger partial charge is 0.300 e. The highest BCUT2D eigenvalue weighted by molar-refractivity contribution is 6.51. The van der Waals surface area contributed by atoms with Gasteiger partial charge in [-0.25, -0.2) is 0 Å². The van der Waals surface area contributed by atoms with E-state index in [9.17, 15) is 14.7 Å². The van der Waals surface area contributed by atoms with E-state index >= 15 is 0 Å². The molecule has 0 aliphatic carbocycles. The van der Waals surface area contributed by atoms with Gasteiger partial charge in [-0.3, -0.25) is 19.5 Å². The third-order valence-corrected chi connectivity index (χ3v) is 5.52. The third kappa shape index (κ3) is 3.85. The number of halogens is 1. The molecular formula is C25H21ClN2O4. The van der Waals surface area contributed by atoms with Gasteiger partial charge in [0.15, 0.2) is 0 Å². The van der Waals surface area contributed by atoms with Crippen molar-refractivity contribution < 1.29 is 19.4 Å². The van der Waals surface area contributed by atoms with E-state index in [1.165, 1.54) is 4.90 Å². The SMILES string of the molecule is CCOc1ccc(/C(O)=C2/C(=O)C(=O)N(c3ccc(Cl)cc3)C2c2ccccn2)cc1C. The Morgan fingerprint density at radius 1 is 1.12 bits per heavy atom. The summed E-state index contributed by atoms with van der Waals surface area (Å²) in [5, 5.41) is 11.7. The van der Waals surface area contributed by atoms with E-state index in [4.69, 9.17) is 16.3 Å². The number of ketones is 1. The summed E-state index contributed by atoms with van der Waals surface area (Å²) in [5.41, 5.74) is 2.14. The van der Waals surface area contributed by atoms with Gasteiger partial charge in [-0.15, -0.1) is 0 Å². The lowest BCUT2D eigenvalue weighted by atomic mass is 9.97. The van der Waals surface area contributed by atoms with Gasteiger partial charge in [0.1, 0.15) is 17.6 Å². The predicted octanol–water partition coefficient (Wildman–Crippen LogP) is 5.07. The van der Waals surface area contributed by atoms with Crippen LogP contribution in [-0.4, -0.2) is 28.4 Å². The second-order valence-corrected chi connectivity index (χ2v) is 7.75. The van der Waals surface area contributed by atoms with E-state index in [1.54, 1.807) is 66.9 Å². The number of pyridine rings is 1. The van der Waals surface area contributed by atoms with Crippen molar-refractivity contribution >= 4 is 34.7 Å². The van der Waals surface area contributed by atoms with Crippen molar-refractivity contribution in [3.8, 4) is 5.75 Å². The Kier molecular flexibility index (Phi) is 5.97. The van der Waals surface area contributed by atoms with Crippen molar-refractivity contribution in [3.63, 3.8) is 0 Å².